The van der Waals surface area contributed by atoms with Crippen LogP contribution in [0.4, 0.5) is 4.79 Å². The van der Waals surface area contributed by atoms with Gasteiger partial charge in [0.25, 0.3) is 0 Å². The standard InChI is InChI=1S/C26H38N6O3/c1-29(2)26(21-7-4-3-5-8-21)13-11-24(12-14-26)19-30(17-22-18-31(15-16-33)28-27-22)23(34)32(24)20-25(35)9-6-10-25/h3-5,7-8,18,33,35H,6,9-17,19-20H2,1-2H3. The molecule has 1 aliphatic heterocycles. The summed E-state index contributed by atoms with van der Waals surface area (Å²) in [4.78, 5) is 19.9. The number of hydrogen-bond acceptors (Lipinski definition) is 6. The van der Waals surface area contributed by atoms with Crippen LogP contribution in [-0.4, -0.2) is 90.9 Å². The summed E-state index contributed by atoms with van der Waals surface area (Å²) in [5.41, 5.74) is 0.921. The number of hydrogen-bond donors (Lipinski definition) is 2. The molecule has 0 atom stereocenters. The first-order valence-electron chi connectivity index (χ1n) is 12.8. The van der Waals surface area contributed by atoms with Gasteiger partial charge in [0.15, 0.2) is 0 Å². The lowest BCUT2D eigenvalue weighted by Gasteiger charge is -2.52. The summed E-state index contributed by atoms with van der Waals surface area (Å²) in [6.07, 6.45) is 8.00. The van der Waals surface area contributed by atoms with E-state index in [9.17, 15) is 9.90 Å². The van der Waals surface area contributed by atoms with Crippen molar-refractivity contribution in [3.63, 3.8) is 0 Å². The van der Waals surface area contributed by atoms with Crippen LogP contribution in [0.3, 0.4) is 0 Å². The summed E-state index contributed by atoms with van der Waals surface area (Å²) < 4.78 is 1.60. The summed E-state index contributed by atoms with van der Waals surface area (Å²) in [5, 5.41) is 28.5. The van der Waals surface area contributed by atoms with Gasteiger partial charge >= 0.3 is 6.03 Å². The number of aliphatic hydroxyl groups excluding tert-OH is 1. The summed E-state index contributed by atoms with van der Waals surface area (Å²) in [5.74, 6) is 0. The number of aliphatic hydroxyl groups is 2. The number of carbonyl (C=O) groups excluding carboxylic acids is 1. The predicted octanol–water partition coefficient (Wildman–Crippen LogP) is 2.19. The maximum atomic E-state index is 13.7. The van der Waals surface area contributed by atoms with Crippen LogP contribution in [0.15, 0.2) is 36.5 Å². The molecule has 35 heavy (non-hydrogen) atoms. The molecule has 1 aromatic heterocycles. The van der Waals surface area contributed by atoms with Crippen LogP contribution in [0.5, 0.6) is 0 Å². The third-order valence-electron chi connectivity index (χ3n) is 8.74. The van der Waals surface area contributed by atoms with Crippen LogP contribution in [-0.2, 0) is 18.6 Å². The van der Waals surface area contributed by atoms with Crippen LogP contribution in [0.25, 0.3) is 0 Å². The average Bonchev–Trinajstić information content (AvgIpc) is 3.37. The number of nitrogens with zero attached hydrogens (tertiary/aromatic N) is 6. The zero-order valence-corrected chi connectivity index (χ0v) is 20.9. The molecule has 5 rings (SSSR count). The molecule has 2 heterocycles. The van der Waals surface area contributed by atoms with Crippen LogP contribution in [0.2, 0.25) is 0 Å². The molecule has 2 amide bonds. The summed E-state index contributed by atoms with van der Waals surface area (Å²) in [6, 6.07) is 10.7. The monoisotopic (exact) mass is 482 g/mol. The van der Waals surface area contributed by atoms with Crippen molar-refractivity contribution in [3.8, 4) is 0 Å². The first-order chi connectivity index (χ1) is 16.8. The van der Waals surface area contributed by atoms with E-state index in [2.05, 4.69) is 59.6 Å². The number of β-amino-alcohol motifs (C(OH)–C–C–N with tert-alkyl or cyclic N) is 1. The zero-order chi connectivity index (χ0) is 24.7. The molecule has 2 N–H and O–H groups in total. The van der Waals surface area contributed by atoms with Gasteiger partial charge in [0.1, 0.15) is 5.69 Å². The van der Waals surface area contributed by atoms with Crippen molar-refractivity contribution < 1.29 is 15.0 Å². The lowest BCUT2D eigenvalue weighted by atomic mass is 9.67. The van der Waals surface area contributed by atoms with E-state index < -0.39 is 5.60 Å². The quantitative estimate of drug-likeness (QED) is 0.599. The Hall–Kier alpha value is -2.49. The molecule has 3 aliphatic rings. The van der Waals surface area contributed by atoms with Crippen LogP contribution >= 0.6 is 0 Å². The molecule has 190 valence electrons. The van der Waals surface area contributed by atoms with Crippen LogP contribution in [0.1, 0.15) is 56.2 Å². The lowest BCUT2D eigenvalue weighted by molar-refractivity contribution is -0.0725. The van der Waals surface area contributed by atoms with E-state index >= 15 is 0 Å². The highest BCUT2D eigenvalue weighted by Crippen LogP contribution is 2.50. The molecule has 0 radical (unpaired) electrons. The first-order valence-corrected chi connectivity index (χ1v) is 12.8. The molecule has 2 saturated carbocycles. The maximum Gasteiger partial charge on any atom is 0.321 e. The molecule has 3 fully saturated rings. The smallest absolute Gasteiger partial charge is 0.321 e. The Kier molecular flexibility index (Phi) is 6.35. The van der Waals surface area contributed by atoms with Gasteiger partial charge in [-0.2, -0.15) is 0 Å². The number of rotatable bonds is 8. The normalized spacial score (nSPS) is 28.2. The van der Waals surface area contributed by atoms with E-state index in [0.29, 0.717) is 31.9 Å². The molecular weight excluding hydrogens is 444 g/mol. The molecule has 9 nitrogen and oxygen atoms in total. The third-order valence-corrected chi connectivity index (χ3v) is 8.74. The molecule has 1 saturated heterocycles. The van der Waals surface area contributed by atoms with Gasteiger partial charge in [0, 0.05) is 12.1 Å². The highest BCUT2D eigenvalue weighted by molar-refractivity contribution is 5.78. The minimum Gasteiger partial charge on any atom is -0.394 e. The Morgan fingerprint density at radius 2 is 1.77 bits per heavy atom. The Labute approximate surface area is 207 Å². The fourth-order valence-corrected chi connectivity index (χ4v) is 6.40. The Morgan fingerprint density at radius 3 is 2.37 bits per heavy atom. The van der Waals surface area contributed by atoms with Crippen molar-refractivity contribution in [2.24, 2.45) is 0 Å². The van der Waals surface area contributed by atoms with Crippen molar-refractivity contribution in [2.75, 3.05) is 33.8 Å². The molecule has 0 bridgehead atoms. The van der Waals surface area contributed by atoms with E-state index in [0.717, 1.165) is 44.9 Å². The lowest BCUT2D eigenvalue weighted by Crippen LogP contribution is -2.59. The zero-order valence-electron chi connectivity index (χ0n) is 20.9. The summed E-state index contributed by atoms with van der Waals surface area (Å²) >= 11 is 0. The van der Waals surface area contributed by atoms with Crippen LogP contribution < -0.4 is 0 Å². The molecule has 2 aliphatic carbocycles. The van der Waals surface area contributed by atoms with Gasteiger partial charge in [-0.25, -0.2) is 9.48 Å². The number of aromatic nitrogens is 3. The van der Waals surface area contributed by atoms with Gasteiger partial charge in [0.05, 0.1) is 43.6 Å². The summed E-state index contributed by atoms with van der Waals surface area (Å²) in [7, 11) is 4.31. The number of urea groups is 1. The third kappa shape index (κ3) is 4.34. The number of carbonyl (C=O) groups is 1. The van der Waals surface area contributed by atoms with E-state index in [1.165, 1.54) is 5.56 Å². The largest absolute Gasteiger partial charge is 0.394 e. The van der Waals surface area contributed by atoms with Gasteiger partial charge in [0.2, 0.25) is 0 Å². The number of amides is 2. The fourth-order valence-electron chi connectivity index (χ4n) is 6.40. The van der Waals surface area contributed by atoms with Gasteiger partial charge in [-0.05, 0) is 64.6 Å². The van der Waals surface area contributed by atoms with Gasteiger partial charge < -0.3 is 20.0 Å². The average molecular weight is 483 g/mol. The molecule has 2 aromatic rings. The Bertz CT molecular complexity index is 1030. The van der Waals surface area contributed by atoms with E-state index in [1.54, 1.807) is 10.9 Å². The molecule has 0 unspecified atom stereocenters. The molecule has 9 heteroatoms. The second-order valence-corrected chi connectivity index (χ2v) is 11.0. The molecule has 1 spiro atoms. The summed E-state index contributed by atoms with van der Waals surface area (Å²) in [6.45, 7) is 1.80. The van der Waals surface area contributed by atoms with Gasteiger partial charge in [-0.3, -0.25) is 4.90 Å². The van der Waals surface area contributed by atoms with E-state index in [-0.39, 0.29) is 23.7 Å². The fraction of sp³-hybridized carbons (Fsp3) is 0.654. The minimum absolute atomic E-state index is 0.00401. The molecular formula is C26H38N6O3. The predicted molar refractivity (Wildman–Crippen MR) is 131 cm³/mol. The van der Waals surface area contributed by atoms with Crippen molar-refractivity contribution in [3.05, 3.63) is 47.8 Å². The van der Waals surface area contributed by atoms with Crippen molar-refractivity contribution in [1.29, 1.82) is 0 Å². The van der Waals surface area contributed by atoms with Gasteiger partial charge in [-0.15, -0.1) is 5.10 Å². The second-order valence-electron chi connectivity index (χ2n) is 11.0. The highest BCUT2D eigenvalue weighted by Gasteiger charge is 2.56. The van der Waals surface area contributed by atoms with Crippen LogP contribution in [0, 0.1) is 0 Å². The first kappa shape index (κ1) is 24.2. The van der Waals surface area contributed by atoms with E-state index in [1.807, 2.05) is 9.80 Å². The number of benzene rings is 1. The topological polar surface area (TPSA) is 98.0 Å². The van der Waals surface area contributed by atoms with E-state index in [4.69, 9.17) is 5.11 Å². The second kappa shape index (κ2) is 9.19. The minimum atomic E-state index is -0.765. The van der Waals surface area contributed by atoms with Crippen molar-refractivity contribution >= 4 is 6.03 Å². The van der Waals surface area contributed by atoms with Crippen molar-refractivity contribution in [2.45, 2.75) is 74.7 Å². The van der Waals surface area contributed by atoms with Gasteiger partial charge in [-0.1, -0.05) is 35.5 Å². The SMILES string of the molecule is CN(C)C1(c2ccccc2)CCC2(CC1)CN(Cc1cn(CCO)nn1)C(=O)N2CC1(O)CCC1. The molecule has 1 aromatic carbocycles. The Morgan fingerprint density at radius 1 is 1.06 bits per heavy atom. The highest BCUT2D eigenvalue weighted by atomic mass is 16.3. The van der Waals surface area contributed by atoms with Crippen molar-refractivity contribution in [1.82, 2.24) is 29.7 Å². The Balaban J connectivity index is 1.40. The maximum absolute atomic E-state index is 13.7.